The van der Waals surface area contributed by atoms with Crippen molar-refractivity contribution in [2.45, 2.75) is 45.2 Å². The molecule has 0 radical (unpaired) electrons. The molecule has 0 aromatic heterocycles. The number of aryl methyl sites for hydroxylation is 1. The first-order valence-electron chi connectivity index (χ1n) is 13.2. The number of carbonyl (C=O) groups is 2. The van der Waals surface area contributed by atoms with Gasteiger partial charge >= 0.3 is 6.03 Å². The maximum atomic E-state index is 14.0. The lowest BCUT2D eigenvalue weighted by Gasteiger charge is -2.40. The van der Waals surface area contributed by atoms with Gasteiger partial charge in [-0.05, 0) is 48.6 Å². The SMILES string of the molecule is Cc1ccc(N2CCN(C(=O)[C@H]3[C@@H](c4ccc(Cl)cc4)CCN3C(=O)N(C)C)CC2)c([C@@H](N)C(C)C)c1. The average Bonchev–Trinajstić information content (AvgIpc) is 3.32. The molecule has 3 amide bonds. The van der Waals surface area contributed by atoms with Crippen molar-refractivity contribution in [3.8, 4) is 0 Å². The average molecular weight is 526 g/mol. The Morgan fingerprint density at radius 1 is 1.00 bits per heavy atom. The van der Waals surface area contributed by atoms with E-state index >= 15 is 0 Å². The van der Waals surface area contributed by atoms with E-state index < -0.39 is 6.04 Å². The normalized spacial score (nSPS) is 20.9. The minimum Gasteiger partial charge on any atom is -0.368 e. The molecular formula is C29H40ClN5O2. The number of hydrogen-bond donors (Lipinski definition) is 1. The molecule has 0 unspecified atom stereocenters. The lowest BCUT2D eigenvalue weighted by molar-refractivity contribution is -0.136. The molecule has 37 heavy (non-hydrogen) atoms. The Bertz CT molecular complexity index is 1110. The van der Waals surface area contributed by atoms with Gasteiger partial charge in [-0.3, -0.25) is 4.79 Å². The maximum absolute atomic E-state index is 14.0. The van der Waals surface area contributed by atoms with Crippen molar-refractivity contribution < 1.29 is 9.59 Å². The highest BCUT2D eigenvalue weighted by Gasteiger charge is 2.45. The molecule has 0 saturated carbocycles. The Kier molecular flexibility index (Phi) is 8.34. The van der Waals surface area contributed by atoms with Crippen molar-refractivity contribution >= 4 is 29.2 Å². The van der Waals surface area contributed by atoms with E-state index in [0.717, 1.165) is 36.3 Å². The van der Waals surface area contributed by atoms with Crippen molar-refractivity contribution in [3.05, 3.63) is 64.2 Å². The minimum absolute atomic E-state index is 0.0234. The second-order valence-corrected chi connectivity index (χ2v) is 11.3. The molecular weight excluding hydrogens is 486 g/mol. The van der Waals surface area contributed by atoms with E-state index in [0.29, 0.717) is 30.6 Å². The largest absolute Gasteiger partial charge is 0.368 e. The van der Waals surface area contributed by atoms with Crippen LogP contribution in [0.4, 0.5) is 10.5 Å². The molecule has 2 N–H and O–H groups in total. The molecule has 0 spiro atoms. The predicted octanol–water partition coefficient (Wildman–Crippen LogP) is 4.49. The number of urea groups is 1. The van der Waals surface area contributed by atoms with Crippen LogP contribution >= 0.6 is 11.6 Å². The van der Waals surface area contributed by atoms with Gasteiger partial charge < -0.3 is 25.3 Å². The number of nitrogens with two attached hydrogens (primary N) is 1. The third kappa shape index (κ3) is 5.73. The number of piperazine rings is 1. The summed E-state index contributed by atoms with van der Waals surface area (Å²) in [4.78, 5) is 34.6. The number of anilines is 1. The molecule has 8 heteroatoms. The molecule has 2 aliphatic rings. The van der Waals surface area contributed by atoms with E-state index in [-0.39, 0.29) is 23.9 Å². The molecule has 2 aromatic rings. The fourth-order valence-corrected chi connectivity index (χ4v) is 5.70. The summed E-state index contributed by atoms with van der Waals surface area (Å²) in [5, 5.41) is 0.662. The molecule has 2 aromatic carbocycles. The fourth-order valence-electron chi connectivity index (χ4n) is 5.57. The summed E-state index contributed by atoms with van der Waals surface area (Å²) >= 11 is 6.12. The standard InChI is InChI=1S/C29H40ClN5O2/c1-19(2)26(31)24-18-20(3)6-11-25(24)33-14-16-34(17-15-33)28(36)27-23(21-7-9-22(30)10-8-21)12-13-35(27)29(37)32(4)5/h6-11,18-19,23,26-27H,12-17,31H2,1-5H3/t23-,26+,27-/m1/s1. The lowest BCUT2D eigenvalue weighted by Crippen LogP contribution is -2.56. The van der Waals surface area contributed by atoms with Crippen molar-refractivity contribution in [2.75, 3.05) is 51.7 Å². The van der Waals surface area contributed by atoms with Gasteiger partial charge in [0.1, 0.15) is 6.04 Å². The van der Waals surface area contributed by atoms with Crippen LogP contribution in [0.25, 0.3) is 0 Å². The molecule has 2 fully saturated rings. The van der Waals surface area contributed by atoms with Crippen LogP contribution in [0.1, 0.15) is 48.9 Å². The second-order valence-electron chi connectivity index (χ2n) is 10.9. The first-order chi connectivity index (χ1) is 17.6. The molecule has 0 bridgehead atoms. The van der Waals surface area contributed by atoms with Crippen LogP contribution in [-0.4, -0.2) is 79.5 Å². The van der Waals surface area contributed by atoms with E-state index in [1.807, 2.05) is 29.2 Å². The number of hydrogen-bond acceptors (Lipinski definition) is 4. The molecule has 3 atom stereocenters. The minimum atomic E-state index is -0.521. The topological polar surface area (TPSA) is 73.1 Å². The van der Waals surface area contributed by atoms with E-state index in [9.17, 15) is 9.59 Å². The molecule has 7 nitrogen and oxygen atoms in total. The van der Waals surface area contributed by atoms with Gasteiger partial charge in [-0.15, -0.1) is 0 Å². The number of likely N-dealkylation sites (tertiary alicyclic amines) is 1. The van der Waals surface area contributed by atoms with E-state index in [2.05, 4.69) is 43.9 Å². The fraction of sp³-hybridized carbons (Fsp3) is 0.517. The molecule has 2 aliphatic heterocycles. The highest BCUT2D eigenvalue weighted by atomic mass is 35.5. The third-order valence-electron chi connectivity index (χ3n) is 7.77. The van der Waals surface area contributed by atoms with Crippen LogP contribution in [-0.2, 0) is 4.79 Å². The number of halogens is 1. The monoisotopic (exact) mass is 525 g/mol. The Morgan fingerprint density at radius 3 is 2.24 bits per heavy atom. The van der Waals surface area contributed by atoms with Gasteiger partial charge in [-0.25, -0.2) is 4.79 Å². The van der Waals surface area contributed by atoms with Gasteiger partial charge in [0, 0.05) is 69.5 Å². The zero-order valence-electron chi connectivity index (χ0n) is 22.7. The van der Waals surface area contributed by atoms with Gasteiger partial charge in [0.15, 0.2) is 0 Å². The van der Waals surface area contributed by atoms with E-state index in [1.54, 1.807) is 23.9 Å². The molecule has 2 saturated heterocycles. The van der Waals surface area contributed by atoms with Crippen molar-refractivity contribution in [1.82, 2.24) is 14.7 Å². The Labute approximate surface area is 226 Å². The zero-order valence-corrected chi connectivity index (χ0v) is 23.4. The highest BCUT2D eigenvalue weighted by Crippen LogP contribution is 2.36. The van der Waals surface area contributed by atoms with Gasteiger partial charge in [0.05, 0.1) is 0 Å². The number of rotatable bonds is 5. The zero-order chi connectivity index (χ0) is 26.9. The first kappa shape index (κ1) is 27.3. The summed E-state index contributed by atoms with van der Waals surface area (Å²) in [5.41, 5.74) is 11.1. The number of nitrogens with zero attached hydrogens (tertiary/aromatic N) is 4. The van der Waals surface area contributed by atoms with E-state index in [4.69, 9.17) is 17.3 Å². The highest BCUT2D eigenvalue weighted by molar-refractivity contribution is 6.30. The van der Waals surface area contributed by atoms with Crippen LogP contribution in [0, 0.1) is 12.8 Å². The summed E-state index contributed by atoms with van der Waals surface area (Å²) in [6, 6.07) is 13.5. The molecule has 2 heterocycles. The molecule has 0 aliphatic carbocycles. The van der Waals surface area contributed by atoms with Gasteiger partial charge in [0.25, 0.3) is 0 Å². The Balaban J connectivity index is 1.54. The van der Waals surface area contributed by atoms with E-state index in [1.165, 1.54) is 5.56 Å². The molecule has 200 valence electrons. The van der Waals surface area contributed by atoms with Crippen LogP contribution in [0.2, 0.25) is 5.02 Å². The second kappa shape index (κ2) is 11.3. The van der Waals surface area contributed by atoms with Gasteiger partial charge in [0.2, 0.25) is 5.91 Å². The third-order valence-corrected chi connectivity index (χ3v) is 8.02. The van der Waals surface area contributed by atoms with Crippen molar-refractivity contribution in [1.29, 1.82) is 0 Å². The van der Waals surface area contributed by atoms with Gasteiger partial charge in [-0.1, -0.05) is 55.3 Å². The lowest BCUT2D eigenvalue weighted by atomic mass is 9.90. The first-order valence-corrected chi connectivity index (χ1v) is 13.6. The summed E-state index contributed by atoms with van der Waals surface area (Å²) in [7, 11) is 3.47. The predicted molar refractivity (Wildman–Crippen MR) is 150 cm³/mol. The summed E-state index contributed by atoms with van der Waals surface area (Å²) in [6.07, 6.45) is 0.747. The summed E-state index contributed by atoms with van der Waals surface area (Å²) in [5.74, 6) is 0.297. The van der Waals surface area contributed by atoms with Crippen molar-refractivity contribution in [3.63, 3.8) is 0 Å². The number of amides is 3. The smallest absolute Gasteiger partial charge is 0.320 e. The summed E-state index contributed by atoms with van der Waals surface area (Å²) < 4.78 is 0. The Morgan fingerprint density at radius 2 is 1.65 bits per heavy atom. The number of carbonyl (C=O) groups excluding carboxylic acids is 2. The van der Waals surface area contributed by atoms with Crippen LogP contribution in [0.5, 0.6) is 0 Å². The van der Waals surface area contributed by atoms with Gasteiger partial charge in [-0.2, -0.15) is 0 Å². The summed E-state index contributed by atoms with van der Waals surface area (Å²) in [6.45, 7) is 9.61. The van der Waals surface area contributed by atoms with Crippen LogP contribution in [0.15, 0.2) is 42.5 Å². The van der Waals surface area contributed by atoms with Crippen molar-refractivity contribution in [2.24, 2.45) is 11.7 Å². The van der Waals surface area contributed by atoms with Crippen LogP contribution < -0.4 is 10.6 Å². The quantitative estimate of drug-likeness (QED) is 0.624. The van der Waals surface area contributed by atoms with Crippen LogP contribution in [0.3, 0.4) is 0 Å². The Hall–Kier alpha value is -2.77. The maximum Gasteiger partial charge on any atom is 0.320 e. The molecule has 4 rings (SSSR count). The number of benzene rings is 2.